The maximum absolute atomic E-state index is 10.9. The molecule has 0 amide bonds. The van der Waals surface area contributed by atoms with E-state index in [2.05, 4.69) is 38.7 Å². The van der Waals surface area contributed by atoms with E-state index in [1.807, 2.05) is 6.07 Å². The third-order valence-electron chi connectivity index (χ3n) is 12.1. The lowest BCUT2D eigenvalue weighted by Crippen LogP contribution is -2.80. The molecule has 1 aromatic rings. The summed E-state index contributed by atoms with van der Waals surface area (Å²) in [6, 6.07) is 4.70. The summed E-state index contributed by atoms with van der Waals surface area (Å²) in [7, 11) is 0. The molecule has 4 saturated carbocycles. The standard InChI is InChI=1S/C28H37NO3/c1-24(2)19-14-26-9-10-28(19,32-25(24,3)4)23-27(26)11-12-29(15-16-5-6-16)20(26)13-17-7-8-18(30)22(31-23)21(17)27/h7-8,16,19-20,23,30H,5-6,9-15H2,1-4H3/t19-,20-,23-,26-,27+,28+/m1/s1. The summed E-state index contributed by atoms with van der Waals surface area (Å²) in [5.74, 6) is 2.56. The van der Waals surface area contributed by atoms with E-state index in [1.165, 1.54) is 49.9 Å². The van der Waals surface area contributed by atoms with E-state index in [9.17, 15) is 5.11 Å². The number of benzene rings is 1. The van der Waals surface area contributed by atoms with Crippen molar-refractivity contribution in [3.63, 3.8) is 0 Å². The van der Waals surface area contributed by atoms with Crippen LogP contribution in [-0.2, 0) is 16.6 Å². The first-order valence-corrected chi connectivity index (χ1v) is 13.1. The number of piperidine rings is 1. The monoisotopic (exact) mass is 435 g/mol. The van der Waals surface area contributed by atoms with Crippen molar-refractivity contribution in [2.24, 2.45) is 22.7 Å². The van der Waals surface area contributed by atoms with E-state index < -0.39 is 0 Å². The Balaban J connectivity index is 1.40. The molecule has 6 atom stereocenters. The highest BCUT2D eigenvalue weighted by molar-refractivity contribution is 5.63. The predicted octanol–water partition coefficient (Wildman–Crippen LogP) is 4.81. The Hall–Kier alpha value is -1.26. The fourth-order valence-corrected chi connectivity index (χ4v) is 10.1. The lowest BCUT2D eigenvalue weighted by Gasteiger charge is -2.73. The number of aromatic hydroxyl groups is 1. The van der Waals surface area contributed by atoms with Crippen molar-refractivity contribution in [2.75, 3.05) is 13.1 Å². The largest absolute Gasteiger partial charge is 0.504 e. The molecule has 4 bridgehead atoms. The second-order valence-corrected chi connectivity index (χ2v) is 13.5. The van der Waals surface area contributed by atoms with Gasteiger partial charge >= 0.3 is 0 Å². The highest BCUT2D eigenvalue weighted by Gasteiger charge is 2.84. The van der Waals surface area contributed by atoms with Crippen LogP contribution in [0, 0.1) is 22.7 Å². The van der Waals surface area contributed by atoms with Gasteiger partial charge in [-0.1, -0.05) is 19.9 Å². The van der Waals surface area contributed by atoms with Crippen molar-refractivity contribution in [1.29, 1.82) is 0 Å². The van der Waals surface area contributed by atoms with E-state index in [-0.39, 0.29) is 33.6 Å². The van der Waals surface area contributed by atoms with E-state index in [4.69, 9.17) is 9.47 Å². The molecule has 1 aromatic carbocycles. The average Bonchev–Trinajstić information content (AvgIpc) is 3.44. The molecule has 0 unspecified atom stereocenters. The van der Waals surface area contributed by atoms with Gasteiger partial charge in [0.25, 0.3) is 0 Å². The number of nitrogens with zero attached hydrogens (tertiary/aromatic N) is 1. The molecular weight excluding hydrogens is 398 g/mol. The van der Waals surface area contributed by atoms with Crippen molar-refractivity contribution < 1.29 is 14.6 Å². The predicted molar refractivity (Wildman–Crippen MR) is 122 cm³/mol. The van der Waals surface area contributed by atoms with Crippen LogP contribution in [0.3, 0.4) is 0 Å². The number of ether oxygens (including phenoxy) is 2. The van der Waals surface area contributed by atoms with Crippen LogP contribution in [0.4, 0.5) is 0 Å². The number of hydrogen-bond donors (Lipinski definition) is 1. The first-order chi connectivity index (χ1) is 15.2. The number of likely N-dealkylation sites (tertiary alicyclic amines) is 1. The van der Waals surface area contributed by atoms with Gasteiger partial charge in [-0.25, -0.2) is 0 Å². The number of hydrogen-bond acceptors (Lipinski definition) is 4. The Morgan fingerprint density at radius 3 is 2.69 bits per heavy atom. The fraction of sp³-hybridized carbons (Fsp3) is 0.786. The molecule has 2 saturated heterocycles. The topological polar surface area (TPSA) is 41.9 Å². The van der Waals surface area contributed by atoms with E-state index in [0.29, 0.717) is 17.7 Å². The van der Waals surface area contributed by atoms with Gasteiger partial charge in [-0.05, 0) is 88.3 Å². The zero-order chi connectivity index (χ0) is 21.9. The van der Waals surface area contributed by atoms with Crippen molar-refractivity contribution in [2.45, 2.75) is 101 Å². The molecule has 5 aliphatic carbocycles. The maximum atomic E-state index is 10.9. The van der Waals surface area contributed by atoms with Crippen molar-refractivity contribution in [3.8, 4) is 11.5 Å². The fourth-order valence-electron chi connectivity index (χ4n) is 10.1. The van der Waals surface area contributed by atoms with Crippen LogP contribution in [0.5, 0.6) is 11.5 Å². The van der Waals surface area contributed by atoms with Crippen LogP contribution in [0.1, 0.15) is 77.3 Å². The highest BCUT2D eigenvalue weighted by Crippen LogP contribution is 2.80. The zero-order valence-electron chi connectivity index (χ0n) is 20.0. The first kappa shape index (κ1) is 19.1. The molecule has 3 heterocycles. The summed E-state index contributed by atoms with van der Waals surface area (Å²) in [6.07, 6.45) is 8.76. The van der Waals surface area contributed by atoms with Gasteiger partial charge in [0.1, 0.15) is 11.7 Å². The van der Waals surface area contributed by atoms with Gasteiger partial charge in [-0.15, -0.1) is 0 Å². The molecule has 9 rings (SSSR count). The quantitative estimate of drug-likeness (QED) is 0.724. The van der Waals surface area contributed by atoms with Gasteiger partial charge in [-0.2, -0.15) is 0 Å². The molecule has 172 valence electrons. The number of rotatable bonds is 2. The lowest BCUT2D eigenvalue weighted by molar-refractivity contribution is -0.272. The second-order valence-electron chi connectivity index (χ2n) is 13.5. The Morgan fingerprint density at radius 1 is 1.09 bits per heavy atom. The smallest absolute Gasteiger partial charge is 0.165 e. The third kappa shape index (κ3) is 1.74. The van der Waals surface area contributed by atoms with E-state index in [1.54, 1.807) is 0 Å². The summed E-state index contributed by atoms with van der Waals surface area (Å²) >= 11 is 0. The minimum absolute atomic E-state index is 0.00459. The molecule has 4 nitrogen and oxygen atoms in total. The molecule has 0 radical (unpaired) electrons. The normalized spacial score (nSPS) is 48.3. The molecule has 4 heteroatoms. The molecule has 6 fully saturated rings. The van der Waals surface area contributed by atoms with Gasteiger partial charge in [0, 0.05) is 34.9 Å². The Morgan fingerprint density at radius 2 is 1.91 bits per heavy atom. The molecule has 0 aromatic heterocycles. The van der Waals surface area contributed by atoms with Crippen molar-refractivity contribution in [3.05, 3.63) is 23.3 Å². The summed E-state index contributed by atoms with van der Waals surface area (Å²) in [6.45, 7) is 12.0. The van der Waals surface area contributed by atoms with Crippen LogP contribution in [-0.4, -0.2) is 46.4 Å². The van der Waals surface area contributed by atoms with Crippen molar-refractivity contribution >= 4 is 0 Å². The maximum Gasteiger partial charge on any atom is 0.165 e. The molecule has 32 heavy (non-hydrogen) atoms. The zero-order valence-corrected chi connectivity index (χ0v) is 20.0. The van der Waals surface area contributed by atoms with Crippen LogP contribution in [0.2, 0.25) is 0 Å². The van der Waals surface area contributed by atoms with E-state index in [0.717, 1.165) is 30.9 Å². The second kappa shape index (κ2) is 5.20. The van der Waals surface area contributed by atoms with Gasteiger partial charge in [-0.3, -0.25) is 4.90 Å². The third-order valence-corrected chi connectivity index (χ3v) is 12.1. The summed E-state index contributed by atoms with van der Waals surface area (Å²) in [5.41, 5.74) is 2.74. The molecule has 1 N–H and O–H groups in total. The van der Waals surface area contributed by atoms with Crippen LogP contribution in [0.25, 0.3) is 0 Å². The lowest BCUT2D eigenvalue weighted by atomic mass is 9.33. The first-order valence-electron chi connectivity index (χ1n) is 13.1. The van der Waals surface area contributed by atoms with Crippen molar-refractivity contribution in [1.82, 2.24) is 4.90 Å². The number of phenolic OH excluding ortho intramolecular Hbond substituents is 1. The van der Waals surface area contributed by atoms with Gasteiger partial charge in [0.2, 0.25) is 0 Å². The minimum Gasteiger partial charge on any atom is -0.504 e. The number of phenols is 1. The van der Waals surface area contributed by atoms with Gasteiger partial charge in [0.15, 0.2) is 11.5 Å². The van der Waals surface area contributed by atoms with Gasteiger partial charge < -0.3 is 14.6 Å². The molecule has 3 aliphatic heterocycles. The van der Waals surface area contributed by atoms with Crippen LogP contribution < -0.4 is 4.74 Å². The molecule has 8 aliphatic rings. The Labute approximate surface area is 191 Å². The Kier molecular flexibility index (Phi) is 3.10. The SMILES string of the molecule is CC1(C)O[C@@]23CC[C@@]4(C[C@@H]2C1(C)C)[C@H]1Cc2ccc(O)c5c2[C@@]4(CCN1CC1CC1)[C@H]3O5. The number of fused-ring (bicyclic) bond motifs is 1. The summed E-state index contributed by atoms with van der Waals surface area (Å²) < 4.78 is 14.2. The average molecular weight is 436 g/mol. The molecule has 3 spiro atoms. The summed E-state index contributed by atoms with van der Waals surface area (Å²) in [4.78, 5) is 2.90. The van der Waals surface area contributed by atoms with Crippen LogP contribution >= 0.6 is 0 Å². The van der Waals surface area contributed by atoms with Gasteiger partial charge in [0.05, 0.1) is 5.60 Å². The Bertz CT molecular complexity index is 1060. The highest BCUT2D eigenvalue weighted by atomic mass is 16.6. The van der Waals surface area contributed by atoms with E-state index >= 15 is 0 Å². The van der Waals surface area contributed by atoms with Crippen LogP contribution in [0.15, 0.2) is 12.1 Å². The summed E-state index contributed by atoms with van der Waals surface area (Å²) in [5, 5.41) is 10.9. The minimum atomic E-state index is -0.238. The molecular formula is C28H37NO3.